The van der Waals surface area contributed by atoms with Crippen molar-refractivity contribution in [3.05, 3.63) is 0 Å². The van der Waals surface area contributed by atoms with E-state index in [1.165, 1.54) is 7.11 Å². The summed E-state index contributed by atoms with van der Waals surface area (Å²) in [5, 5.41) is 6.73. The molecule has 16 heavy (non-hydrogen) atoms. The van der Waals surface area contributed by atoms with Crippen LogP contribution < -0.4 is 10.6 Å². The average Bonchev–Trinajstić information content (AvgIpc) is 2.27. The number of rotatable bonds is 4. The Labute approximate surface area is 98.1 Å². The summed E-state index contributed by atoms with van der Waals surface area (Å²) < 4.78 is 4.97. The number of carbonyl (C=O) groups excluding carboxylic acids is 1. The van der Waals surface area contributed by atoms with Gasteiger partial charge in [0.1, 0.15) is 5.54 Å². The highest BCUT2D eigenvalue weighted by Gasteiger charge is 2.45. The smallest absolute Gasteiger partial charge is 0.326 e. The number of nitrogens with one attached hydrogen (secondary N) is 2. The van der Waals surface area contributed by atoms with E-state index in [1.807, 2.05) is 0 Å². The van der Waals surface area contributed by atoms with Gasteiger partial charge in [-0.1, -0.05) is 20.8 Å². The number of hydrogen-bond acceptors (Lipinski definition) is 4. The monoisotopic (exact) mass is 228 g/mol. The highest BCUT2D eigenvalue weighted by atomic mass is 16.5. The van der Waals surface area contributed by atoms with Crippen molar-refractivity contribution < 1.29 is 9.53 Å². The van der Waals surface area contributed by atoms with E-state index in [1.54, 1.807) is 0 Å². The third-order valence-electron chi connectivity index (χ3n) is 3.36. The van der Waals surface area contributed by atoms with E-state index >= 15 is 0 Å². The summed E-state index contributed by atoms with van der Waals surface area (Å²) in [6.07, 6.45) is 0.799. The topological polar surface area (TPSA) is 50.4 Å². The molecule has 1 heterocycles. The fourth-order valence-electron chi connectivity index (χ4n) is 2.23. The quantitative estimate of drug-likeness (QED) is 0.698. The van der Waals surface area contributed by atoms with Crippen molar-refractivity contribution in [2.75, 3.05) is 26.7 Å². The van der Waals surface area contributed by atoms with E-state index in [-0.39, 0.29) is 11.9 Å². The molecule has 1 rings (SSSR count). The standard InChI is InChI=1S/C12H24N2O2/c1-9(2)7-14-12(11(15)16-4)5-6-13-8-10(12)3/h9-10,13-14H,5-8H2,1-4H3. The van der Waals surface area contributed by atoms with Gasteiger partial charge in [0.05, 0.1) is 7.11 Å². The third-order valence-corrected chi connectivity index (χ3v) is 3.36. The molecule has 2 unspecified atom stereocenters. The lowest BCUT2D eigenvalue weighted by atomic mass is 9.79. The molecule has 0 bridgehead atoms. The number of methoxy groups -OCH3 is 1. The number of piperidine rings is 1. The maximum atomic E-state index is 12.0. The van der Waals surface area contributed by atoms with Crippen LogP contribution in [0, 0.1) is 11.8 Å². The molecule has 4 nitrogen and oxygen atoms in total. The van der Waals surface area contributed by atoms with Crippen LogP contribution in [0.15, 0.2) is 0 Å². The zero-order valence-corrected chi connectivity index (χ0v) is 10.8. The molecule has 0 radical (unpaired) electrons. The van der Waals surface area contributed by atoms with Crippen molar-refractivity contribution in [2.45, 2.75) is 32.7 Å². The average molecular weight is 228 g/mol. The minimum Gasteiger partial charge on any atom is -0.468 e. The predicted octanol–water partition coefficient (Wildman–Crippen LogP) is 0.773. The maximum Gasteiger partial charge on any atom is 0.326 e. The van der Waals surface area contributed by atoms with Gasteiger partial charge in [0.15, 0.2) is 0 Å². The van der Waals surface area contributed by atoms with E-state index in [9.17, 15) is 4.79 Å². The molecule has 0 aromatic rings. The minimum absolute atomic E-state index is 0.123. The Hall–Kier alpha value is -0.610. The van der Waals surface area contributed by atoms with E-state index in [0.717, 1.165) is 26.1 Å². The van der Waals surface area contributed by atoms with Crippen LogP contribution in [0.5, 0.6) is 0 Å². The molecule has 1 aliphatic heterocycles. The van der Waals surface area contributed by atoms with Crippen molar-refractivity contribution >= 4 is 5.97 Å². The lowest BCUT2D eigenvalue weighted by molar-refractivity contribution is -0.152. The van der Waals surface area contributed by atoms with Crippen molar-refractivity contribution in [1.29, 1.82) is 0 Å². The Morgan fingerprint density at radius 3 is 2.81 bits per heavy atom. The van der Waals surface area contributed by atoms with Crippen LogP contribution in [0.25, 0.3) is 0 Å². The molecule has 0 aliphatic carbocycles. The van der Waals surface area contributed by atoms with Crippen LogP contribution in [0.1, 0.15) is 27.2 Å². The van der Waals surface area contributed by atoms with Gasteiger partial charge in [0.2, 0.25) is 0 Å². The summed E-state index contributed by atoms with van der Waals surface area (Å²) in [5.74, 6) is 0.665. The lowest BCUT2D eigenvalue weighted by Crippen LogP contribution is -2.63. The largest absolute Gasteiger partial charge is 0.468 e. The minimum atomic E-state index is -0.496. The van der Waals surface area contributed by atoms with E-state index < -0.39 is 5.54 Å². The second-order valence-corrected chi connectivity index (χ2v) is 5.09. The predicted molar refractivity (Wildman–Crippen MR) is 64.2 cm³/mol. The van der Waals surface area contributed by atoms with Crippen molar-refractivity contribution in [3.63, 3.8) is 0 Å². The Kier molecular flexibility index (Phi) is 4.74. The van der Waals surface area contributed by atoms with Gasteiger partial charge in [-0.2, -0.15) is 0 Å². The van der Waals surface area contributed by atoms with Gasteiger partial charge < -0.3 is 15.4 Å². The molecule has 2 atom stereocenters. The van der Waals surface area contributed by atoms with Gasteiger partial charge in [0.25, 0.3) is 0 Å². The molecule has 1 fully saturated rings. The first-order valence-corrected chi connectivity index (χ1v) is 6.07. The summed E-state index contributed by atoms with van der Waals surface area (Å²) in [4.78, 5) is 12.0. The lowest BCUT2D eigenvalue weighted by Gasteiger charge is -2.41. The van der Waals surface area contributed by atoms with E-state index in [2.05, 4.69) is 31.4 Å². The molecule has 94 valence electrons. The molecule has 0 aromatic carbocycles. The summed E-state index contributed by atoms with van der Waals surface area (Å²) >= 11 is 0. The van der Waals surface area contributed by atoms with Crippen LogP contribution in [0.3, 0.4) is 0 Å². The number of ether oxygens (including phenoxy) is 1. The van der Waals surface area contributed by atoms with Crippen molar-refractivity contribution in [1.82, 2.24) is 10.6 Å². The van der Waals surface area contributed by atoms with Gasteiger partial charge in [-0.3, -0.25) is 4.79 Å². The second-order valence-electron chi connectivity index (χ2n) is 5.09. The molecule has 2 N–H and O–H groups in total. The van der Waals surface area contributed by atoms with Gasteiger partial charge in [-0.05, 0) is 31.3 Å². The fraction of sp³-hybridized carbons (Fsp3) is 0.917. The van der Waals surface area contributed by atoms with Crippen LogP contribution in [0.4, 0.5) is 0 Å². The molecular weight excluding hydrogens is 204 g/mol. The molecule has 1 saturated heterocycles. The second kappa shape index (κ2) is 5.64. The normalized spacial score (nSPS) is 30.4. The first-order chi connectivity index (χ1) is 7.53. The first kappa shape index (κ1) is 13.5. The van der Waals surface area contributed by atoms with Crippen molar-refractivity contribution in [3.8, 4) is 0 Å². The molecule has 4 heteroatoms. The summed E-state index contributed by atoms with van der Waals surface area (Å²) in [6.45, 7) is 8.95. The van der Waals surface area contributed by atoms with Gasteiger partial charge in [-0.15, -0.1) is 0 Å². The number of esters is 1. The Balaban J connectivity index is 2.78. The SMILES string of the molecule is COC(=O)C1(NCC(C)C)CCNCC1C. The molecule has 0 aromatic heterocycles. The Morgan fingerprint density at radius 2 is 2.31 bits per heavy atom. The van der Waals surface area contributed by atoms with Gasteiger partial charge in [-0.25, -0.2) is 0 Å². The van der Waals surface area contributed by atoms with E-state index in [4.69, 9.17) is 4.74 Å². The number of carbonyl (C=O) groups is 1. The van der Waals surface area contributed by atoms with Crippen LogP contribution in [0.2, 0.25) is 0 Å². The Morgan fingerprint density at radius 1 is 1.62 bits per heavy atom. The molecular formula is C12H24N2O2. The zero-order valence-electron chi connectivity index (χ0n) is 10.8. The van der Waals surface area contributed by atoms with Crippen LogP contribution in [-0.2, 0) is 9.53 Å². The van der Waals surface area contributed by atoms with Gasteiger partial charge in [0, 0.05) is 6.54 Å². The summed E-state index contributed by atoms with van der Waals surface area (Å²) in [7, 11) is 1.47. The fourth-order valence-corrected chi connectivity index (χ4v) is 2.23. The number of hydrogen-bond donors (Lipinski definition) is 2. The van der Waals surface area contributed by atoms with Crippen molar-refractivity contribution in [2.24, 2.45) is 11.8 Å². The highest BCUT2D eigenvalue weighted by molar-refractivity contribution is 5.81. The van der Waals surface area contributed by atoms with E-state index in [0.29, 0.717) is 5.92 Å². The molecule has 0 amide bonds. The highest BCUT2D eigenvalue weighted by Crippen LogP contribution is 2.26. The third kappa shape index (κ3) is 2.74. The maximum absolute atomic E-state index is 12.0. The molecule has 1 aliphatic rings. The zero-order chi connectivity index (χ0) is 12.2. The van der Waals surface area contributed by atoms with Crippen LogP contribution in [-0.4, -0.2) is 38.3 Å². The summed E-state index contributed by atoms with van der Waals surface area (Å²) in [6, 6.07) is 0. The molecule has 0 saturated carbocycles. The van der Waals surface area contributed by atoms with Crippen LogP contribution >= 0.6 is 0 Å². The molecule has 0 spiro atoms. The first-order valence-electron chi connectivity index (χ1n) is 6.07. The summed E-state index contributed by atoms with van der Waals surface area (Å²) in [5.41, 5.74) is -0.496. The van der Waals surface area contributed by atoms with Gasteiger partial charge >= 0.3 is 5.97 Å². The Bertz CT molecular complexity index is 243.